The van der Waals surface area contributed by atoms with Gasteiger partial charge in [0.1, 0.15) is 0 Å². The topological polar surface area (TPSA) is 83.0 Å². The highest BCUT2D eigenvalue weighted by atomic mass is 16.4. The average molecular weight is 154 g/mol. The van der Waals surface area contributed by atoms with Crippen LogP contribution in [0.25, 0.3) is 0 Å². The van der Waals surface area contributed by atoms with Crippen molar-refractivity contribution in [3.8, 4) is 0 Å². The Hall–Kier alpha value is -1.65. The summed E-state index contributed by atoms with van der Waals surface area (Å²) in [5.41, 5.74) is -0.0209. The van der Waals surface area contributed by atoms with Gasteiger partial charge in [-0.1, -0.05) is 0 Å². The molecule has 1 aromatic rings. The summed E-state index contributed by atoms with van der Waals surface area (Å²) in [6.07, 6.45) is 1.22. The Morgan fingerprint density at radius 2 is 2.36 bits per heavy atom. The van der Waals surface area contributed by atoms with Crippen LogP contribution in [0.2, 0.25) is 0 Å². The lowest BCUT2D eigenvalue weighted by molar-refractivity contribution is 0.0683. The van der Waals surface area contributed by atoms with Gasteiger partial charge in [0.15, 0.2) is 0 Å². The molecule has 0 aromatic carbocycles. The summed E-state index contributed by atoms with van der Waals surface area (Å²) < 4.78 is 0. The second-order valence-corrected chi connectivity index (χ2v) is 2.05. The molecule has 0 spiro atoms. The molecule has 58 valence electrons. The summed E-state index contributed by atoms with van der Waals surface area (Å²) in [4.78, 5) is 26.6. The van der Waals surface area contributed by atoms with Gasteiger partial charge in [-0.3, -0.25) is 4.79 Å². The number of hydrogen-bond donors (Lipinski definition) is 2. The van der Waals surface area contributed by atoms with Crippen LogP contribution in [-0.4, -0.2) is 21.0 Å². The molecular formula is C6H6N2O3. The fourth-order valence-electron chi connectivity index (χ4n) is 0.567. The molecule has 5 heteroatoms. The molecule has 2 N–H and O–H groups in total. The lowest BCUT2D eigenvalue weighted by atomic mass is 10.4. The number of nitrogens with one attached hydrogen (secondary N) is 1. The van der Waals surface area contributed by atoms with Crippen LogP contribution in [0.5, 0.6) is 0 Å². The van der Waals surface area contributed by atoms with Crippen LogP contribution >= 0.6 is 0 Å². The van der Waals surface area contributed by atoms with E-state index >= 15 is 0 Å². The molecule has 0 radical (unpaired) electrons. The molecule has 0 bridgehead atoms. The third kappa shape index (κ3) is 1.43. The standard InChI is InChI=1S/C6H6N2O3/c1-3-2-7-4(6(10)11)8-5(3)9/h2H,1H3,(H,10,11)(H,7,8,9). The lowest BCUT2D eigenvalue weighted by Gasteiger charge is -1.92. The van der Waals surface area contributed by atoms with Crippen LogP contribution in [0, 0.1) is 6.92 Å². The van der Waals surface area contributed by atoms with Gasteiger partial charge in [0.2, 0.25) is 5.82 Å². The number of aromatic carboxylic acids is 1. The van der Waals surface area contributed by atoms with Crippen molar-refractivity contribution in [2.45, 2.75) is 6.92 Å². The van der Waals surface area contributed by atoms with E-state index in [1.54, 1.807) is 6.92 Å². The van der Waals surface area contributed by atoms with Gasteiger partial charge in [-0.05, 0) is 6.92 Å². The van der Waals surface area contributed by atoms with Gasteiger partial charge < -0.3 is 10.1 Å². The van der Waals surface area contributed by atoms with Crippen molar-refractivity contribution in [2.24, 2.45) is 0 Å². The van der Waals surface area contributed by atoms with Crippen molar-refractivity contribution in [1.29, 1.82) is 0 Å². The van der Waals surface area contributed by atoms with Crippen LogP contribution in [0.3, 0.4) is 0 Å². The van der Waals surface area contributed by atoms with Gasteiger partial charge in [0, 0.05) is 11.8 Å². The van der Waals surface area contributed by atoms with Gasteiger partial charge >= 0.3 is 5.97 Å². The predicted octanol–water partition coefficient (Wildman–Crippen LogP) is -0.223. The molecular weight excluding hydrogens is 148 g/mol. The van der Waals surface area contributed by atoms with E-state index < -0.39 is 11.5 Å². The summed E-state index contributed by atoms with van der Waals surface area (Å²) in [6, 6.07) is 0. The van der Waals surface area contributed by atoms with Gasteiger partial charge in [0.05, 0.1) is 0 Å². The van der Waals surface area contributed by atoms with Crippen molar-refractivity contribution >= 4 is 5.97 Å². The smallest absolute Gasteiger partial charge is 0.372 e. The molecule has 0 aliphatic rings. The Bertz CT molecular complexity index is 342. The quantitative estimate of drug-likeness (QED) is 0.585. The molecule has 0 saturated carbocycles. The molecule has 0 aliphatic carbocycles. The van der Waals surface area contributed by atoms with E-state index in [0.717, 1.165) is 0 Å². The first-order valence-electron chi connectivity index (χ1n) is 2.90. The minimum atomic E-state index is -1.23. The summed E-state index contributed by atoms with van der Waals surface area (Å²) in [6.45, 7) is 1.55. The molecule has 0 unspecified atom stereocenters. The molecule has 0 atom stereocenters. The van der Waals surface area contributed by atoms with E-state index in [0.29, 0.717) is 5.56 Å². The van der Waals surface area contributed by atoms with Crippen molar-refractivity contribution in [2.75, 3.05) is 0 Å². The molecule has 11 heavy (non-hydrogen) atoms. The number of carboxylic acid groups (broad SMARTS) is 1. The number of carboxylic acids is 1. The lowest BCUT2D eigenvalue weighted by Crippen LogP contribution is -2.16. The molecule has 0 fully saturated rings. The highest BCUT2D eigenvalue weighted by Crippen LogP contribution is 1.86. The van der Waals surface area contributed by atoms with E-state index in [1.807, 2.05) is 0 Å². The number of hydrogen-bond acceptors (Lipinski definition) is 3. The van der Waals surface area contributed by atoms with Gasteiger partial charge in [0.25, 0.3) is 5.56 Å². The minimum absolute atomic E-state index is 0.333. The second-order valence-electron chi connectivity index (χ2n) is 2.05. The Kier molecular flexibility index (Phi) is 1.72. The second kappa shape index (κ2) is 2.53. The van der Waals surface area contributed by atoms with E-state index in [1.165, 1.54) is 6.20 Å². The first-order chi connectivity index (χ1) is 5.11. The van der Waals surface area contributed by atoms with Crippen molar-refractivity contribution in [3.05, 3.63) is 27.9 Å². The number of rotatable bonds is 1. The van der Waals surface area contributed by atoms with Crippen LogP contribution in [0.4, 0.5) is 0 Å². The molecule has 1 heterocycles. The number of aryl methyl sites for hydroxylation is 1. The predicted molar refractivity (Wildman–Crippen MR) is 36.6 cm³/mol. The normalized spacial score (nSPS) is 9.55. The number of aromatic nitrogens is 2. The number of aromatic amines is 1. The molecule has 0 saturated heterocycles. The maximum Gasteiger partial charge on any atom is 0.372 e. The minimum Gasteiger partial charge on any atom is -0.475 e. The Morgan fingerprint density at radius 3 is 2.82 bits per heavy atom. The highest BCUT2D eigenvalue weighted by molar-refractivity contribution is 5.82. The van der Waals surface area contributed by atoms with Crippen molar-refractivity contribution in [3.63, 3.8) is 0 Å². The third-order valence-corrected chi connectivity index (χ3v) is 1.18. The van der Waals surface area contributed by atoms with E-state index in [4.69, 9.17) is 5.11 Å². The summed E-state index contributed by atoms with van der Waals surface area (Å²) in [7, 11) is 0. The summed E-state index contributed by atoms with van der Waals surface area (Å²) in [5, 5.41) is 8.37. The molecule has 0 aliphatic heterocycles. The van der Waals surface area contributed by atoms with E-state index in [2.05, 4.69) is 9.97 Å². The van der Waals surface area contributed by atoms with Crippen LogP contribution < -0.4 is 5.56 Å². The molecule has 1 aromatic heterocycles. The number of nitrogens with zero attached hydrogens (tertiary/aromatic N) is 1. The van der Waals surface area contributed by atoms with Crippen LogP contribution in [0.15, 0.2) is 11.0 Å². The molecule has 1 rings (SSSR count). The fraction of sp³-hybridized carbons (Fsp3) is 0.167. The zero-order valence-electron chi connectivity index (χ0n) is 5.79. The van der Waals surface area contributed by atoms with E-state index in [9.17, 15) is 9.59 Å². The van der Waals surface area contributed by atoms with Gasteiger partial charge in [-0.25, -0.2) is 9.78 Å². The maximum atomic E-state index is 10.8. The molecule has 5 nitrogen and oxygen atoms in total. The Balaban J connectivity index is 3.26. The van der Waals surface area contributed by atoms with Gasteiger partial charge in [-0.15, -0.1) is 0 Å². The van der Waals surface area contributed by atoms with Crippen LogP contribution in [0.1, 0.15) is 16.2 Å². The van der Waals surface area contributed by atoms with E-state index in [-0.39, 0.29) is 5.82 Å². The largest absolute Gasteiger partial charge is 0.475 e. The average Bonchev–Trinajstić information content (AvgIpc) is 1.94. The van der Waals surface area contributed by atoms with Gasteiger partial charge in [-0.2, -0.15) is 0 Å². The van der Waals surface area contributed by atoms with Crippen molar-refractivity contribution < 1.29 is 9.90 Å². The Labute approximate surface area is 61.7 Å². The summed E-state index contributed by atoms with van der Waals surface area (Å²) in [5.74, 6) is -1.57. The first kappa shape index (κ1) is 7.46. The monoisotopic (exact) mass is 154 g/mol. The first-order valence-corrected chi connectivity index (χ1v) is 2.90. The Morgan fingerprint density at radius 1 is 1.73 bits per heavy atom. The fourth-order valence-corrected chi connectivity index (χ4v) is 0.567. The number of carbonyl (C=O) groups is 1. The third-order valence-electron chi connectivity index (χ3n) is 1.18. The summed E-state index contributed by atoms with van der Waals surface area (Å²) >= 11 is 0. The van der Waals surface area contributed by atoms with Crippen LogP contribution in [-0.2, 0) is 0 Å². The number of H-pyrrole nitrogens is 1. The zero-order chi connectivity index (χ0) is 8.43. The zero-order valence-corrected chi connectivity index (χ0v) is 5.79. The maximum absolute atomic E-state index is 10.8. The highest BCUT2D eigenvalue weighted by Gasteiger charge is 2.04. The van der Waals surface area contributed by atoms with Crippen molar-refractivity contribution in [1.82, 2.24) is 9.97 Å². The molecule has 0 amide bonds. The SMILES string of the molecule is Cc1cnc(C(=O)O)[nH]c1=O.